The Hall–Kier alpha value is -2.64. The molecule has 0 fully saturated rings. The normalized spacial score (nSPS) is 20.9. The van der Waals surface area contributed by atoms with Gasteiger partial charge in [0.05, 0.1) is 4.90 Å². The first-order valence-corrected chi connectivity index (χ1v) is 12.4. The zero-order valence-corrected chi connectivity index (χ0v) is 19.1. The van der Waals surface area contributed by atoms with E-state index in [1.54, 1.807) is 6.07 Å². The summed E-state index contributed by atoms with van der Waals surface area (Å²) >= 11 is 0. The molecule has 1 aliphatic rings. The second kappa shape index (κ2) is 8.95. The Labute approximate surface area is 192 Å². The molecule has 4 rings (SSSR count). The first-order valence-electron chi connectivity index (χ1n) is 10.9. The summed E-state index contributed by atoms with van der Waals surface area (Å²) in [5.41, 5.74) is -2.07. The molecule has 2 unspecified atom stereocenters. The van der Waals surface area contributed by atoms with Crippen LogP contribution >= 0.6 is 0 Å². The van der Waals surface area contributed by atoms with Crippen LogP contribution in [0.15, 0.2) is 83.8 Å². The molecule has 2 atom stereocenters. The third-order valence-electron chi connectivity index (χ3n) is 6.67. The van der Waals surface area contributed by atoms with Gasteiger partial charge in [-0.25, -0.2) is 8.42 Å². The summed E-state index contributed by atoms with van der Waals surface area (Å²) in [6.45, 7) is 2.84. The Morgan fingerprint density at radius 3 is 2.24 bits per heavy atom. The quantitative estimate of drug-likeness (QED) is 0.519. The number of sulfone groups is 1. The molecule has 0 amide bonds. The largest absolute Gasteiger partial charge is 0.501 e. The number of alkyl halides is 3. The lowest BCUT2D eigenvalue weighted by Gasteiger charge is -2.44. The Kier molecular flexibility index (Phi) is 6.38. The van der Waals surface area contributed by atoms with E-state index in [0.717, 1.165) is 30.2 Å². The predicted octanol–water partition coefficient (Wildman–Crippen LogP) is 5.43. The van der Waals surface area contributed by atoms with Crippen molar-refractivity contribution in [2.45, 2.75) is 48.0 Å². The Morgan fingerprint density at radius 1 is 0.970 bits per heavy atom. The van der Waals surface area contributed by atoms with E-state index in [4.69, 9.17) is 0 Å². The van der Waals surface area contributed by atoms with Gasteiger partial charge in [0.2, 0.25) is 0 Å². The topological polar surface area (TPSA) is 46.2 Å². The predicted molar refractivity (Wildman–Crippen MR) is 123 cm³/mol. The van der Waals surface area contributed by atoms with E-state index >= 15 is 0 Å². The van der Waals surface area contributed by atoms with Crippen LogP contribution in [0.4, 0.5) is 13.2 Å². The van der Waals surface area contributed by atoms with Gasteiger partial charge in [0.15, 0.2) is 0 Å². The molecule has 0 aliphatic heterocycles. The van der Waals surface area contributed by atoms with Crippen molar-refractivity contribution >= 4 is 9.84 Å². The van der Waals surface area contributed by atoms with Gasteiger partial charge in [-0.15, -0.1) is 0 Å². The minimum Gasteiger partial charge on any atom is -0.312 e. The number of fused-ring (bicyclic) bond motifs is 1. The summed E-state index contributed by atoms with van der Waals surface area (Å²) in [6.07, 6.45) is 2.04. The molecule has 174 valence electrons. The second-order valence-electron chi connectivity index (χ2n) is 8.62. The second-order valence-corrected chi connectivity index (χ2v) is 10.6. The highest BCUT2D eigenvalue weighted by Gasteiger charge is 2.48. The molecule has 1 aliphatic carbocycles. The molecule has 7 heteroatoms. The maximum Gasteiger partial charge on any atom is 0.501 e. The summed E-state index contributed by atoms with van der Waals surface area (Å²) in [7, 11) is -5.39. The number of benzene rings is 3. The number of hydrogen-bond acceptors (Lipinski definition) is 3. The lowest BCUT2D eigenvalue weighted by atomic mass is 9.64. The van der Waals surface area contributed by atoms with Crippen molar-refractivity contribution in [1.29, 1.82) is 0 Å². The van der Waals surface area contributed by atoms with Crippen LogP contribution in [0.5, 0.6) is 0 Å². The van der Waals surface area contributed by atoms with Crippen LogP contribution in [0.2, 0.25) is 0 Å². The molecule has 3 nitrogen and oxygen atoms in total. The molecule has 3 aromatic rings. The van der Waals surface area contributed by atoms with Gasteiger partial charge in [-0.1, -0.05) is 66.7 Å². The fourth-order valence-corrected chi connectivity index (χ4v) is 5.66. The summed E-state index contributed by atoms with van der Waals surface area (Å²) in [5, 5.41) is 3.67. The lowest BCUT2D eigenvalue weighted by molar-refractivity contribution is -0.0436. The zero-order valence-electron chi connectivity index (χ0n) is 18.3. The van der Waals surface area contributed by atoms with Crippen LogP contribution in [0.25, 0.3) is 0 Å². The highest BCUT2D eigenvalue weighted by molar-refractivity contribution is 7.92. The minimum atomic E-state index is -5.39. The summed E-state index contributed by atoms with van der Waals surface area (Å²) in [4.78, 5) is -0.695. The van der Waals surface area contributed by atoms with Crippen molar-refractivity contribution in [2.24, 2.45) is 0 Å². The van der Waals surface area contributed by atoms with Crippen molar-refractivity contribution in [3.8, 4) is 0 Å². The van der Waals surface area contributed by atoms with Gasteiger partial charge >= 0.3 is 5.51 Å². The van der Waals surface area contributed by atoms with E-state index in [9.17, 15) is 21.6 Å². The molecule has 33 heavy (non-hydrogen) atoms. The Balaban J connectivity index is 1.69. The molecule has 0 aromatic heterocycles. The molecule has 1 N–H and O–H groups in total. The van der Waals surface area contributed by atoms with Crippen LogP contribution in [0.3, 0.4) is 0 Å². The first-order chi connectivity index (χ1) is 15.6. The SMILES string of the molecule is CC1(c2ccccc2)c2ccc(S(=O)(=O)C(F)(F)F)cc2CCC1NCCc1ccccc1. The van der Waals surface area contributed by atoms with E-state index in [1.807, 2.05) is 48.5 Å². The minimum absolute atomic E-state index is 0.0428. The molecule has 0 radical (unpaired) electrons. The van der Waals surface area contributed by atoms with E-state index in [-0.39, 0.29) is 6.04 Å². The number of halogens is 3. The fraction of sp³-hybridized carbons (Fsp3) is 0.308. The van der Waals surface area contributed by atoms with Gasteiger partial charge in [0.25, 0.3) is 9.84 Å². The third-order valence-corrected chi connectivity index (χ3v) is 8.16. The van der Waals surface area contributed by atoms with Crippen molar-refractivity contribution in [3.05, 3.63) is 101 Å². The van der Waals surface area contributed by atoms with Crippen molar-refractivity contribution in [2.75, 3.05) is 6.54 Å². The summed E-state index contributed by atoms with van der Waals surface area (Å²) < 4.78 is 63.3. The fourth-order valence-electron chi connectivity index (χ4n) is 4.84. The molecular weight excluding hydrogens is 447 g/mol. The number of nitrogens with one attached hydrogen (secondary N) is 1. The zero-order chi connectivity index (χ0) is 23.7. The summed E-state index contributed by atoms with van der Waals surface area (Å²) in [6, 6.07) is 23.9. The van der Waals surface area contributed by atoms with Gasteiger partial charge in [0, 0.05) is 11.5 Å². The van der Waals surface area contributed by atoms with Crippen LogP contribution in [-0.2, 0) is 28.1 Å². The van der Waals surface area contributed by atoms with Gasteiger partial charge in [0.1, 0.15) is 0 Å². The highest BCUT2D eigenvalue weighted by Crippen LogP contribution is 2.44. The molecule has 0 saturated heterocycles. The lowest BCUT2D eigenvalue weighted by Crippen LogP contribution is -2.51. The van der Waals surface area contributed by atoms with Gasteiger partial charge in [-0.2, -0.15) is 13.2 Å². The van der Waals surface area contributed by atoms with Crippen molar-refractivity contribution in [3.63, 3.8) is 0 Å². The van der Waals surface area contributed by atoms with Gasteiger partial charge < -0.3 is 5.32 Å². The maximum atomic E-state index is 13.1. The van der Waals surface area contributed by atoms with Crippen LogP contribution in [0.1, 0.15) is 35.6 Å². The molecule has 0 bridgehead atoms. The summed E-state index contributed by atoms with van der Waals surface area (Å²) in [5.74, 6) is 0. The standard InChI is InChI=1S/C26H26F3NO2S/c1-25(21-10-6-3-7-11-21)23-14-13-22(33(31,32)26(27,28)29)18-20(23)12-15-24(25)30-17-16-19-8-4-2-5-9-19/h2-11,13-14,18,24,30H,12,15-17H2,1H3. The number of hydrogen-bond donors (Lipinski definition) is 1. The molecule has 0 heterocycles. The average Bonchev–Trinajstić information content (AvgIpc) is 2.81. The monoisotopic (exact) mass is 473 g/mol. The van der Waals surface area contributed by atoms with Gasteiger partial charge in [-0.3, -0.25) is 0 Å². The average molecular weight is 474 g/mol. The molecule has 0 saturated carbocycles. The molecule has 0 spiro atoms. The van der Waals surface area contributed by atoms with E-state index in [2.05, 4.69) is 24.4 Å². The smallest absolute Gasteiger partial charge is 0.312 e. The first kappa shape index (κ1) is 23.5. The number of rotatable bonds is 6. The van der Waals surface area contributed by atoms with E-state index in [0.29, 0.717) is 18.4 Å². The van der Waals surface area contributed by atoms with E-state index in [1.165, 1.54) is 11.6 Å². The van der Waals surface area contributed by atoms with Crippen LogP contribution in [-0.4, -0.2) is 26.5 Å². The maximum absolute atomic E-state index is 13.1. The molecule has 3 aromatic carbocycles. The molecular formula is C26H26F3NO2S. The van der Waals surface area contributed by atoms with Gasteiger partial charge in [-0.05, 0) is 67.1 Å². The van der Waals surface area contributed by atoms with Crippen LogP contribution < -0.4 is 5.32 Å². The Morgan fingerprint density at radius 2 is 1.61 bits per heavy atom. The van der Waals surface area contributed by atoms with Crippen LogP contribution in [0, 0.1) is 0 Å². The Bertz CT molecular complexity index is 1210. The number of aryl methyl sites for hydroxylation is 1. The highest BCUT2D eigenvalue weighted by atomic mass is 32.2. The van der Waals surface area contributed by atoms with Crippen molar-refractivity contribution in [1.82, 2.24) is 5.32 Å². The van der Waals surface area contributed by atoms with E-state index < -0.39 is 25.7 Å². The third kappa shape index (κ3) is 4.44. The van der Waals surface area contributed by atoms with Crippen molar-refractivity contribution < 1.29 is 21.6 Å².